The lowest BCUT2D eigenvalue weighted by Gasteiger charge is -2.16. The number of carbonyl (C=O) groups is 2. The van der Waals surface area contributed by atoms with Gasteiger partial charge in [-0.15, -0.1) is 11.3 Å². The van der Waals surface area contributed by atoms with Crippen molar-refractivity contribution in [2.24, 2.45) is 0 Å². The van der Waals surface area contributed by atoms with Crippen LogP contribution in [0, 0.1) is 0 Å². The molecule has 0 aliphatic heterocycles. The molecular formula is C26H23N3O4S. The standard InChI is InChI=1S/C26H23N3O4S/c1-33-26(32)19-8-4-5-9-21(19)28-22(30)13-29-15-27-24-23(25(29)31)20(14-34-24)18-11-10-16-6-2-3-7-17(16)12-18/h4-5,8-12,14-15H,2-3,6-7,13H2,1H3,(H,28,30). The van der Waals surface area contributed by atoms with E-state index >= 15 is 0 Å². The van der Waals surface area contributed by atoms with Gasteiger partial charge >= 0.3 is 5.97 Å². The quantitative estimate of drug-likeness (QED) is 0.433. The van der Waals surface area contributed by atoms with Crippen LogP contribution in [-0.4, -0.2) is 28.5 Å². The molecule has 0 spiro atoms. The first kappa shape index (κ1) is 22.0. The first-order valence-electron chi connectivity index (χ1n) is 11.1. The van der Waals surface area contributed by atoms with Crippen LogP contribution in [0.2, 0.25) is 0 Å². The van der Waals surface area contributed by atoms with Crippen molar-refractivity contribution in [1.29, 1.82) is 0 Å². The summed E-state index contributed by atoms with van der Waals surface area (Å²) in [6.07, 6.45) is 5.95. The Labute approximate surface area is 200 Å². The molecule has 1 aliphatic rings. The highest BCUT2D eigenvalue weighted by Crippen LogP contribution is 2.33. The minimum absolute atomic E-state index is 0.225. The minimum atomic E-state index is -0.552. The van der Waals surface area contributed by atoms with E-state index in [1.165, 1.54) is 53.3 Å². The Kier molecular flexibility index (Phi) is 5.98. The summed E-state index contributed by atoms with van der Waals surface area (Å²) in [5, 5.41) is 5.18. The van der Waals surface area contributed by atoms with Crippen LogP contribution in [0.4, 0.5) is 5.69 Å². The molecule has 5 rings (SSSR count). The Bertz CT molecular complexity index is 1470. The molecular weight excluding hydrogens is 450 g/mol. The average Bonchev–Trinajstić information content (AvgIpc) is 3.30. The summed E-state index contributed by atoms with van der Waals surface area (Å²) in [5.74, 6) is -0.991. The molecule has 172 valence electrons. The Morgan fingerprint density at radius 1 is 1.12 bits per heavy atom. The van der Waals surface area contributed by atoms with Crippen LogP contribution in [-0.2, 0) is 28.9 Å². The zero-order valence-corrected chi connectivity index (χ0v) is 19.5. The number of thiophene rings is 1. The predicted octanol–water partition coefficient (Wildman–Crippen LogP) is 4.43. The minimum Gasteiger partial charge on any atom is -0.465 e. The molecule has 0 saturated heterocycles. The number of para-hydroxylation sites is 1. The Morgan fingerprint density at radius 2 is 1.91 bits per heavy atom. The van der Waals surface area contributed by atoms with Gasteiger partial charge in [-0.2, -0.15) is 0 Å². The summed E-state index contributed by atoms with van der Waals surface area (Å²) >= 11 is 1.42. The number of rotatable bonds is 5. The lowest BCUT2D eigenvalue weighted by Crippen LogP contribution is -2.28. The largest absolute Gasteiger partial charge is 0.465 e. The van der Waals surface area contributed by atoms with E-state index in [2.05, 4.69) is 28.5 Å². The van der Waals surface area contributed by atoms with Gasteiger partial charge in [0.2, 0.25) is 5.91 Å². The van der Waals surface area contributed by atoms with Crippen LogP contribution < -0.4 is 10.9 Å². The van der Waals surface area contributed by atoms with Gasteiger partial charge in [-0.3, -0.25) is 14.2 Å². The third kappa shape index (κ3) is 4.12. The summed E-state index contributed by atoms with van der Waals surface area (Å²) < 4.78 is 6.07. The van der Waals surface area contributed by atoms with E-state index in [1.807, 2.05) is 5.38 Å². The zero-order chi connectivity index (χ0) is 23.7. The van der Waals surface area contributed by atoms with E-state index in [9.17, 15) is 14.4 Å². The van der Waals surface area contributed by atoms with Crippen LogP contribution in [0.3, 0.4) is 0 Å². The van der Waals surface area contributed by atoms with Crippen molar-refractivity contribution >= 4 is 39.1 Å². The second kappa shape index (κ2) is 9.23. The van der Waals surface area contributed by atoms with Gasteiger partial charge in [0.25, 0.3) is 5.56 Å². The van der Waals surface area contributed by atoms with Crippen molar-refractivity contribution < 1.29 is 14.3 Å². The van der Waals surface area contributed by atoms with E-state index in [4.69, 9.17) is 4.74 Å². The first-order chi connectivity index (χ1) is 16.5. The molecule has 2 aromatic heterocycles. The van der Waals surface area contributed by atoms with Gasteiger partial charge < -0.3 is 10.1 Å². The first-order valence-corrected chi connectivity index (χ1v) is 12.0. The maximum atomic E-state index is 13.4. The number of anilines is 1. The molecule has 1 aliphatic carbocycles. The summed E-state index contributed by atoms with van der Waals surface area (Å²) in [7, 11) is 1.28. The van der Waals surface area contributed by atoms with Crippen LogP contribution >= 0.6 is 11.3 Å². The van der Waals surface area contributed by atoms with Crippen molar-refractivity contribution in [3.05, 3.63) is 81.2 Å². The van der Waals surface area contributed by atoms with E-state index in [1.54, 1.807) is 24.3 Å². The van der Waals surface area contributed by atoms with Crippen LogP contribution in [0.5, 0.6) is 0 Å². The molecule has 4 aromatic rings. The van der Waals surface area contributed by atoms with Crippen LogP contribution in [0.1, 0.15) is 34.3 Å². The van der Waals surface area contributed by atoms with Crippen LogP contribution in [0.25, 0.3) is 21.3 Å². The summed E-state index contributed by atoms with van der Waals surface area (Å²) in [4.78, 5) is 43.1. The topological polar surface area (TPSA) is 90.3 Å². The van der Waals surface area contributed by atoms with Gasteiger partial charge in [-0.1, -0.05) is 30.3 Å². The number of nitrogens with zero attached hydrogens (tertiary/aromatic N) is 2. The smallest absolute Gasteiger partial charge is 0.339 e. The summed E-state index contributed by atoms with van der Waals surface area (Å²) in [6.45, 7) is -0.225. The van der Waals surface area contributed by atoms with Gasteiger partial charge in [0, 0.05) is 10.9 Å². The zero-order valence-electron chi connectivity index (χ0n) is 18.7. The third-order valence-corrected chi connectivity index (χ3v) is 7.03. The van der Waals surface area contributed by atoms with Gasteiger partial charge in [0.15, 0.2) is 0 Å². The summed E-state index contributed by atoms with van der Waals surface area (Å²) in [6, 6.07) is 13.0. The number of esters is 1. The molecule has 2 aromatic carbocycles. The third-order valence-electron chi connectivity index (χ3n) is 6.14. The maximum Gasteiger partial charge on any atom is 0.339 e. The molecule has 1 N–H and O–H groups in total. The molecule has 0 bridgehead atoms. The van der Waals surface area contributed by atoms with Crippen molar-refractivity contribution in [3.8, 4) is 11.1 Å². The van der Waals surface area contributed by atoms with E-state index in [0.717, 1.165) is 24.0 Å². The van der Waals surface area contributed by atoms with Gasteiger partial charge in [0.1, 0.15) is 11.4 Å². The highest BCUT2D eigenvalue weighted by molar-refractivity contribution is 7.17. The van der Waals surface area contributed by atoms with Gasteiger partial charge in [-0.25, -0.2) is 9.78 Å². The lowest BCUT2D eigenvalue weighted by atomic mass is 9.89. The van der Waals surface area contributed by atoms with Crippen LogP contribution in [0.15, 0.2) is 59.0 Å². The van der Waals surface area contributed by atoms with E-state index < -0.39 is 11.9 Å². The molecule has 0 fully saturated rings. The Hall–Kier alpha value is -3.78. The lowest BCUT2D eigenvalue weighted by molar-refractivity contribution is -0.116. The molecule has 7 nitrogen and oxygen atoms in total. The number of carbonyl (C=O) groups excluding carboxylic acids is 2. The molecule has 0 saturated carbocycles. The SMILES string of the molecule is COC(=O)c1ccccc1NC(=O)Cn1cnc2scc(-c3ccc4c(c3)CCCC4)c2c1=O. The fourth-order valence-corrected chi connectivity index (χ4v) is 5.32. The molecule has 2 heterocycles. The fourth-order valence-electron chi connectivity index (χ4n) is 4.42. The normalized spacial score (nSPS) is 12.9. The molecule has 8 heteroatoms. The Balaban J connectivity index is 1.45. The molecule has 0 atom stereocenters. The van der Waals surface area contributed by atoms with Crippen molar-refractivity contribution in [2.75, 3.05) is 12.4 Å². The number of hydrogen-bond donors (Lipinski definition) is 1. The maximum absolute atomic E-state index is 13.4. The van der Waals surface area contributed by atoms with E-state index in [-0.39, 0.29) is 17.7 Å². The molecule has 0 unspecified atom stereocenters. The molecule has 1 amide bonds. The van der Waals surface area contributed by atoms with Crippen molar-refractivity contribution in [1.82, 2.24) is 9.55 Å². The number of benzene rings is 2. The monoisotopic (exact) mass is 473 g/mol. The molecule has 34 heavy (non-hydrogen) atoms. The van der Waals surface area contributed by atoms with E-state index in [0.29, 0.717) is 15.9 Å². The average molecular weight is 474 g/mol. The number of aryl methyl sites for hydroxylation is 2. The Morgan fingerprint density at radius 3 is 2.74 bits per heavy atom. The second-order valence-corrected chi connectivity index (χ2v) is 9.14. The number of amides is 1. The van der Waals surface area contributed by atoms with Crippen molar-refractivity contribution in [2.45, 2.75) is 32.2 Å². The number of hydrogen-bond acceptors (Lipinski definition) is 6. The number of nitrogens with one attached hydrogen (secondary N) is 1. The number of methoxy groups -OCH3 is 1. The number of fused-ring (bicyclic) bond motifs is 2. The highest BCUT2D eigenvalue weighted by Gasteiger charge is 2.18. The summed E-state index contributed by atoms with van der Waals surface area (Å²) in [5.41, 5.74) is 4.87. The number of aromatic nitrogens is 2. The fraction of sp³-hybridized carbons (Fsp3) is 0.231. The highest BCUT2D eigenvalue weighted by atomic mass is 32.1. The molecule has 0 radical (unpaired) electrons. The van der Waals surface area contributed by atoms with Gasteiger partial charge in [0.05, 0.1) is 30.1 Å². The van der Waals surface area contributed by atoms with Gasteiger partial charge in [-0.05, 0) is 54.5 Å². The number of ether oxygens (including phenoxy) is 1. The predicted molar refractivity (Wildman–Crippen MR) is 132 cm³/mol. The second-order valence-electron chi connectivity index (χ2n) is 8.28. The van der Waals surface area contributed by atoms with Crippen molar-refractivity contribution in [3.63, 3.8) is 0 Å².